The number of carbonyl (C=O) groups is 1. The summed E-state index contributed by atoms with van der Waals surface area (Å²) >= 11 is 12.1. The minimum atomic E-state index is -1.14. The van der Waals surface area contributed by atoms with E-state index in [0.717, 1.165) is 43.4 Å². The van der Waals surface area contributed by atoms with Gasteiger partial charge in [0.1, 0.15) is 5.54 Å². The van der Waals surface area contributed by atoms with E-state index in [2.05, 4.69) is 29.6 Å². The first-order valence-corrected chi connectivity index (χ1v) is 11.1. The van der Waals surface area contributed by atoms with Crippen molar-refractivity contribution >= 4 is 37.0 Å². The van der Waals surface area contributed by atoms with Crippen LogP contribution >= 0.6 is 23.2 Å². The molecule has 2 aromatic rings. The number of rotatable bonds is 10. The van der Waals surface area contributed by atoms with Crippen molar-refractivity contribution in [3.05, 3.63) is 58.1 Å². The van der Waals surface area contributed by atoms with E-state index in [1.54, 1.807) is 6.07 Å². The van der Waals surface area contributed by atoms with Crippen molar-refractivity contribution < 1.29 is 9.90 Å². The van der Waals surface area contributed by atoms with Crippen LogP contribution in [0.25, 0.3) is 11.1 Å². The van der Waals surface area contributed by atoms with Crippen molar-refractivity contribution in [1.82, 2.24) is 5.32 Å². The average Bonchev–Trinajstić information content (AvgIpc) is 2.69. The highest BCUT2D eigenvalue weighted by Crippen LogP contribution is 2.38. The average molecular weight is 445 g/mol. The molecule has 7 heteroatoms. The van der Waals surface area contributed by atoms with Gasteiger partial charge in [-0.25, -0.2) is 0 Å². The van der Waals surface area contributed by atoms with Gasteiger partial charge in [0.05, 0.1) is 17.9 Å². The van der Waals surface area contributed by atoms with Crippen LogP contribution in [0.2, 0.25) is 16.4 Å². The van der Waals surface area contributed by atoms with Crippen molar-refractivity contribution in [2.75, 3.05) is 0 Å². The number of benzene rings is 2. The van der Waals surface area contributed by atoms with Crippen molar-refractivity contribution in [2.24, 2.45) is 11.7 Å². The first-order chi connectivity index (χ1) is 14.3. The molecule has 1 aliphatic carbocycles. The zero-order valence-corrected chi connectivity index (χ0v) is 18.4. The lowest BCUT2D eigenvalue weighted by Crippen LogP contribution is -2.60. The Balaban J connectivity index is 1.50. The highest BCUT2D eigenvalue weighted by molar-refractivity contribution is 6.42. The summed E-state index contributed by atoms with van der Waals surface area (Å²) < 4.78 is 0. The number of nitrogens with one attached hydrogen (secondary N) is 1. The molecule has 4 N–H and O–H groups in total. The van der Waals surface area contributed by atoms with Crippen molar-refractivity contribution in [3.63, 3.8) is 0 Å². The molecule has 0 spiro atoms. The van der Waals surface area contributed by atoms with Crippen LogP contribution in [-0.2, 0) is 11.3 Å². The maximum absolute atomic E-state index is 11.7. The van der Waals surface area contributed by atoms with E-state index in [0.29, 0.717) is 28.8 Å². The number of unbranched alkanes of at least 4 members (excludes halogenated alkanes) is 1. The SMILES string of the molecule is [B]CCCCC(N)(C(=O)O)C1CC(NCc2ccc(-c3ccc(Cl)c(Cl)c3)cc2)C1. The minimum Gasteiger partial charge on any atom is -0.480 e. The molecular formula is C23H27BCl2N2O2. The molecular weight excluding hydrogens is 418 g/mol. The monoisotopic (exact) mass is 444 g/mol. The van der Waals surface area contributed by atoms with Crippen LogP contribution in [-0.4, -0.2) is 30.5 Å². The van der Waals surface area contributed by atoms with E-state index in [9.17, 15) is 9.90 Å². The molecule has 1 fully saturated rings. The van der Waals surface area contributed by atoms with E-state index in [1.165, 1.54) is 5.56 Å². The zero-order valence-electron chi connectivity index (χ0n) is 16.9. The van der Waals surface area contributed by atoms with Gasteiger partial charge in [0.2, 0.25) is 0 Å². The topological polar surface area (TPSA) is 75.4 Å². The number of nitrogens with two attached hydrogens (primary N) is 1. The van der Waals surface area contributed by atoms with Gasteiger partial charge in [-0.05, 0) is 54.0 Å². The largest absolute Gasteiger partial charge is 0.480 e. The predicted octanol–water partition coefficient (Wildman–Crippen LogP) is 5.07. The quantitative estimate of drug-likeness (QED) is 0.353. The first kappa shape index (κ1) is 23.1. The second kappa shape index (κ2) is 10.2. The predicted molar refractivity (Wildman–Crippen MR) is 124 cm³/mol. The molecule has 0 aromatic heterocycles. The van der Waals surface area contributed by atoms with Crippen molar-refractivity contribution in [1.29, 1.82) is 0 Å². The maximum atomic E-state index is 11.7. The lowest BCUT2D eigenvalue weighted by atomic mass is 9.66. The van der Waals surface area contributed by atoms with Crippen LogP contribution in [0, 0.1) is 5.92 Å². The highest BCUT2D eigenvalue weighted by Gasteiger charge is 2.47. The van der Waals surface area contributed by atoms with Crippen molar-refractivity contribution in [2.45, 2.75) is 56.5 Å². The van der Waals surface area contributed by atoms with Crippen LogP contribution < -0.4 is 11.1 Å². The van der Waals surface area contributed by atoms with E-state index in [1.807, 2.05) is 12.1 Å². The summed E-state index contributed by atoms with van der Waals surface area (Å²) in [5.74, 6) is -0.900. The molecule has 0 saturated heterocycles. The summed E-state index contributed by atoms with van der Waals surface area (Å²) in [4.78, 5) is 11.7. The standard InChI is InChI=1S/C23H27BCl2N2O2/c24-10-2-1-9-23(27,22(29)30)18-12-19(13-18)28-14-15-3-5-16(6-4-15)17-7-8-20(25)21(26)11-17/h3-8,11,18-19,28H,1-2,9-10,12-14,27H2,(H,29,30). The summed E-state index contributed by atoms with van der Waals surface area (Å²) in [5, 5.41) is 14.2. The third-order valence-electron chi connectivity index (χ3n) is 6.11. The lowest BCUT2D eigenvalue weighted by Gasteiger charge is -2.45. The Labute approximate surface area is 189 Å². The molecule has 0 bridgehead atoms. The van der Waals surface area contributed by atoms with Gasteiger partial charge >= 0.3 is 5.97 Å². The number of carboxylic acid groups (broad SMARTS) is 1. The van der Waals surface area contributed by atoms with Gasteiger partial charge in [0.15, 0.2) is 0 Å². The molecule has 0 amide bonds. The molecule has 0 aliphatic heterocycles. The first-order valence-electron chi connectivity index (χ1n) is 10.3. The molecule has 2 aromatic carbocycles. The number of halogens is 2. The van der Waals surface area contributed by atoms with Gasteiger partial charge < -0.3 is 16.2 Å². The molecule has 158 valence electrons. The highest BCUT2D eigenvalue weighted by atomic mass is 35.5. The summed E-state index contributed by atoms with van der Waals surface area (Å²) in [6, 6.07) is 14.2. The number of hydrogen-bond acceptors (Lipinski definition) is 3. The van der Waals surface area contributed by atoms with Crippen LogP contribution in [0.1, 0.15) is 37.7 Å². The Morgan fingerprint density at radius 3 is 2.37 bits per heavy atom. The third kappa shape index (κ3) is 5.39. The summed E-state index contributed by atoms with van der Waals surface area (Å²) in [6.07, 6.45) is 4.17. The fourth-order valence-electron chi connectivity index (χ4n) is 4.01. The maximum Gasteiger partial charge on any atom is 0.323 e. The Hall–Kier alpha value is -1.53. The normalized spacial score (nSPS) is 20.4. The van der Waals surface area contributed by atoms with Gasteiger partial charge in [-0.15, -0.1) is 0 Å². The molecule has 1 saturated carbocycles. The summed E-state index contributed by atoms with van der Waals surface area (Å²) in [5.41, 5.74) is 8.39. The lowest BCUT2D eigenvalue weighted by molar-refractivity contribution is -0.148. The Kier molecular flexibility index (Phi) is 7.86. The molecule has 30 heavy (non-hydrogen) atoms. The van der Waals surface area contributed by atoms with Gasteiger partial charge in [-0.2, -0.15) is 0 Å². The fourth-order valence-corrected chi connectivity index (χ4v) is 4.30. The molecule has 3 rings (SSSR count). The van der Waals surface area contributed by atoms with Crippen LogP contribution in [0.3, 0.4) is 0 Å². The molecule has 2 radical (unpaired) electrons. The fraction of sp³-hybridized carbons (Fsp3) is 0.435. The Morgan fingerprint density at radius 1 is 1.10 bits per heavy atom. The smallest absolute Gasteiger partial charge is 0.323 e. The summed E-state index contributed by atoms with van der Waals surface area (Å²) in [7, 11) is 5.52. The van der Waals surface area contributed by atoms with Crippen LogP contribution in [0.4, 0.5) is 0 Å². The Bertz CT molecular complexity index is 872. The van der Waals surface area contributed by atoms with Crippen LogP contribution in [0.5, 0.6) is 0 Å². The second-order valence-corrected chi connectivity index (χ2v) is 8.98. The van der Waals surface area contributed by atoms with Gasteiger partial charge in [0.25, 0.3) is 0 Å². The van der Waals surface area contributed by atoms with E-state index >= 15 is 0 Å². The molecule has 1 unspecified atom stereocenters. The minimum absolute atomic E-state index is 0.00213. The van der Waals surface area contributed by atoms with E-state index < -0.39 is 11.5 Å². The number of carboxylic acids is 1. The van der Waals surface area contributed by atoms with Gasteiger partial charge in [0, 0.05) is 12.6 Å². The summed E-state index contributed by atoms with van der Waals surface area (Å²) in [6.45, 7) is 0.733. The molecule has 1 atom stereocenters. The molecule has 4 nitrogen and oxygen atoms in total. The third-order valence-corrected chi connectivity index (χ3v) is 6.85. The van der Waals surface area contributed by atoms with Crippen molar-refractivity contribution in [3.8, 4) is 11.1 Å². The molecule has 1 aliphatic rings. The van der Waals surface area contributed by atoms with Gasteiger partial charge in [-0.1, -0.05) is 72.7 Å². The number of hydrogen-bond donors (Lipinski definition) is 3. The Morgan fingerprint density at radius 2 is 1.77 bits per heavy atom. The van der Waals surface area contributed by atoms with E-state index in [-0.39, 0.29) is 5.92 Å². The van der Waals surface area contributed by atoms with Gasteiger partial charge in [-0.3, -0.25) is 4.79 Å². The zero-order chi connectivity index (χ0) is 21.7. The van der Waals surface area contributed by atoms with Crippen LogP contribution in [0.15, 0.2) is 42.5 Å². The van der Waals surface area contributed by atoms with E-state index in [4.69, 9.17) is 36.8 Å². The number of aliphatic carboxylic acids is 1. The second-order valence-electron chi connectivity index (χ2n) is 8.16. The molecule has 0 heterocycles.